The first kappa shape index (κ1) is 26.0. The van der Waals surface area contributed by atoms with Gasteiger partial charge < -0.3 is 15.4 Å². The highest BCUT2D eigenvalue weighted by molar-refractivity contribution is 5.83. The number of fused-ring (bicyclic) bond motifs is 1. The maximum absolute atomic E-state index is 12.9. The summed E-state index contributed by atoms with van der Waals surface area (Å²) in [6.07, 6.45) is -8.50. The van der Waals surface area contributed by atoms with Gasteiger partial charge in [0, 0.05) is 12.6 Å². The van der Waals surface area contributed by atoms with Gasteiger partial charge in [-0.2, -0.15) is 26.3 Å². The van der Waals surface area contributed by atoms with Gasteiger partial charge in [0.2, 0.25) is 5.91 Å². The Bertz CT molecular complexity index is 947. The highest BCUT2D eigenvalue weighted by atomic mass is 19.4. The molecule has 2 aromatic carbocycles. The van der Waals surface area contributed by atoms with Crippen molar-refractivity contribution in [2.24, 2.45) is 5.73 Å². The van der Waals surface area contributed by atoms with E-state index < -0.39 is 42.2 Å². The molecule has 0 aromatic heterocycles. The number of alkyl halides is 6. The molecule has 3 unspecified atom stereocenters. The molecule has 0 saturated carbocycles. The van der Waals surface area contributed by atoms with Crippen LogP contribution >= 0.6 is 0 Å². The van der Waals surface area contributed by atoms with Crippen LogP contribution in [0.4, 0.5) is 30.7 Å². The van der Waals surface area contributed by atoms with Crippen LogP contribution in [0.1, 0.15) is 36.0 Å². The van der Waals surface area contributed by atoms with Crippen LogP contribution in [-0.2, 0) is 28.5 Å². The van der Waals surface area contributed by atoms with Crippen molar-refractivity contribution < 1.29 is 40.3 Å². The number of halogens is 7. The lowest BCUT2D eigenvalue weighted by molar-refractivity contribution is -0.143. The topological polar surface area (TPSA) is 55.6 Å². The predicted octanol–water partition coefficient (Wildman–Crippen LogP) is 5.16. The van der Waals surface area contributed by atoms with Crippen molar-refractivity contribution in [3.8, 4) is 0 Å². The highest BCUT2D eigenvalue weighted by Gasteiger charge is 2.41. The van der Waals surface area contributed by atoms with Crippen LogP contribution < -0.4 is 5.73 Å². The second-order valence-corrected chi connectivity index (χ2v) is 8.21. The lowest BCUT2D eigenvalue weighted by atomic mass is 9.99. The molecule has 2 aliphatic heterocycles. The zero-order valence-corrected chi connectivity index (χ0v) is 17.9. The summed E-state index contributed by atoms with van der Waals surface area (Å²) in [5, 5.41) is 0. The van der Waals surface area contributed by atoms with Crippen molar-refractivity contribution in [3.05, 3.63) is 71.0 Å². The van der Waals surface area contributed by atoms with Crippen LogP contribution in [0, 0.1) is 5.82 Å². The summed E-state index contributed by atoms with van der Waals surface area (Å²) >= 11 is 0. The monoisotopic (exact) mass is 492 g/mol. The Balaban J connectivity index is 0.000000396. The number of hydrogen-bond acceptors (Lipinski definition) is 3. The van der Waals surface area contributed by atoms with Crippen molar-refractivity contribution >= 4 is 5.91 Å². The van der Waals surface area contributed by atoms with E-state index in [2.05, 4.69) is 0 Å². The van der Waals surface area contributed by atoms with E-state index in [0.29, 0.717) is 31.4 Å². The Kier molecular flexibility index (Phi) is 7.87. The predicted molar refractivity (Wildman–Crippen MR) is 109 cm³/mol. The number of carbonyl (C=O) groups is 1. The third kappa shape index (κ3) is 6.69. The average Bonchev–Trinajstić information content (AvgIpc) is 3.18. The van der Waals surface area contributed by atoms with E-state index in [1.165, 1.54) is 12.1 Å². The largest absolute Gasteiger partial charge is 0.416 e. The van der Waals surface area contributed by atoms with Gasteiger partial charge in [0.25, 0.3) is 0 Å². The Morgan fingerprint density at radius 2 is 1.53 bits per heavy atom. The van der Waals surface area contributed by atoms with Gasteiger partial charge in [0.15, 0.2) is 0 Å². The van der Waals surface area contributed by atoms with Crippen LogP contribution in [0.3, 0.4) is 0 Å². The summed E-state index contributed by atoms with van der Waals surface area (Å²) in [7, 11) is 0. The van der Waals surface area contributed by atoms with Gasteiger partial charge in [0.1, 0.15) is 5.82 Å². The third-order valence-corrected chi connectivity index (χ3v) is 5.65. The first-order valence-corrected chi connectivity index (χ1v) is 10.5. The van der Waals surface area contributed by atoms with Crippen molar-refractivity contribution in [1.29, 1.82) is 0 Å². The standard InChI is InChI=1S/C17H18F6N2O2.C6H5F/c18-16(19,20)10-3-9(4-11(5-10)17(21,22)23)8-27-13-6-12-1-2-14(24)15(26)25(12)7-13;7-6-4-2-1-3-5-6/h3-5,12-14H,1-2,6-8,24H2;1-5H. The molecule has 2 heterocycles. The van der Waals surface area contributed by atoms with Crippen molar-refractivity contribution in [3.63, 3.8) is 0 Å². The third-order valence-electron chi connectivity index (χ3n) is 5.65. The molecule has 2 aromatic rings. The lowest BCUT2D eigenvalue weighted by Gasteiger charge is -2.32. The maximum atomic E-state index is 12.9. The Morgan fingerprint density at radius 1 is 0.941 bits per heavy atom. The zero-order valence-electron chi connectivity index (χ0n) is 17.9. The quantitative estimate of drug-likeness (QED) is 0.603. The van der Waals surface area contributed by atoms with E-state index in [4.69, 9.17) is 10.5 Å². The molecular formula is C23H23F7N2O2. The van der Waals surface area contributed by atoms with Crippen LogP contribution in [0.2, 0.25) is 0 Å². The first-order valence-electron chi connectivity index (χ1n) is 10.5. The summed E-state index contributed by atoms with van der Waals surface area (Å²) < 4.78 is 94.8. The van der Waals surface area contributed by atoms with E-state index in [9.17, 15) is 35.5 Å². The van der Waals surface area contributed by atoms with Crippen molar-refractivity contribution in [1.82, 2.24) is 4.90 Å². The molecule has 34 heavy (non-hydrogen) atoms. The molecule has 2 saturated heterocycles. The number of piperidine rings is 1. The number of rotatable bonds is 3. The number of nitrogens with zero attached hydrogens (tertiary/aromatic N) is 1. The van der Waals surface area contributed by atoms with Gasteiger partial charge in [-0.15, -0.1) is 0 Å². The second-order valence-electron chi connectivity index (χ2n) is 8.21. The molecule has 11 heteroatoms. The minimum absolute atomic E-state index is 0.0467. The van der Waals surface area contributed by atoms with Crippen molar-refractivity contribution in [2.45, 2.75) is 56.4 Å². The van der Waals surface area contributed by atoms with Crippen LogP contribution in [0.25, 0.3) is 0 Å². The van der Waals surface area contributed by atoms with E-state index in [-0.39, 0.29) is 35.9 Å². The SMILES string of the molecule is Fc1ccccc1.NC1CCC2CC(OCc3cc(C(F)(F)F)cc(C(F)(F)F)c3)CN2C1=O. The van der Waals surface area contributed by atoms with Gasteiger partial charge in [-0.3, -0.25) is 4.79 Å². The molecule has 0 radical (unpaired) electrons. The Labute approximate surface area is 191 Å². The van der Waals surface area contributed by atoms with Gasteiger partial charge in [-0.05, 0) is 55.2 Å². The summed E-state index contributed by atoms with van der Waals surface area (Å²) in [5.74, 6) is -0.377. The Morgan fingerprint density at radius 3 is 2.03 bits per heavy atom. The maximum Gasteiger partial charge on any atom is 0.416 e. The van der Waals surface area contributed by atoms with Gasteiger partial charge in [-0.25, -0.2) is 4.39 Å². The van der Waals surface area contributed by atoms with Gasteiger partial charge in [-0.1, -0.05) is 18.2 Å². The van der Waals surface area contributed by atoms with E-state index in [0.717, 1.165) is 0 Å². The fourth-order valence-electron chi connectivity index (χ4n) is 3.98. The molecule has 0 spiro atoms. The normalized spacial score (nSPS) is 22.8. The molecule has 2 N–H and O–H groups in total. The zero-order chi connectivity index (χ0) is 25.1. The fraction of sp³-hybridized carbons (Fsp3) is 0.435. The number of hydrogen-bond donors (Lipinski definition) is 1. The average molecular weight is 492 g/mol. The summed E-state index contributed by atoms with van der Waals surface area (Å²) in [4.78, 5) is 13.6. The van der Waals surface area contributed by atoms with Crippen LogP contribution in [0.15, 0.2) is 48.5 Å². The number of ether oxygens (including phenoxy) is 1. The highest BCUT2D eigenvalue weighted by Crippen LogP contribution is 2.37. The molecule has 0 bridgehead atoms. The smallest absolute Gasteiger partial charge is 0.372 e. The minimum Gasteiger partial charge on any atom is -0.372 e. The number of benzene rings is 2. The van der Waals surface area contributed by atoms with Gasteiger partial charge >= 0.3 is 12.4 Å². The fourth-order valence-corrected chi connectivity index (χ4v) is 3.98. The second kappa shape index (κ2) is 10.3. The van der Waals surface area contributed by atoms with E-state index in [1.807, 2.05) is 0 Å². The van der Waals surface area contributed by atoms with Crippen LogP contribution in [-0.4, -0.2) is 35.5 Å². The molecule has 3 atom stereocenters. The minimum atomic E-state index is -4.90. The van der Waals surface area contributed by atoms with E-state index in [1.54, 1.807) is 23.1 Å². The van der Waals surface area contributed by atoms with Gasteiger partial charge in [0.05, 0.1) is 29.9 Å². The number of nitrogens with two attached hydrogens (primary N) is 1. The summed E-state index contributed by atoms with van der Waals surface area (Å²) in [6, 6.07) is 8.71. The molecule has 4 nitrogen and oxygen atoms in total. The Hall–Kier alpha value is -2.66. The molecule has 4 rings (SSSR count). The molecular weight excluding hydrogens is 469 g/mol. The summed E-state index contributed by atoms with van der Waals surface area (Å²) in [6.45, 7) is -0.166. The lowest BCUT2D eigenvalue weighted by Crippen LogP contribution is -2.50. The molecule has 0 aliphatic carbocycles. The number of carbonyl (C=O) groups excluding carboxylic acids is 1. The molecule has 186 valence electrons. The van der Waals surface area contributed by atoms with Crippen LogP contribution in [0.5, 0.6) is 0 Å². The van der Waals surface area contributed by atoms with E-state index >= 15 is 0 Å². The number of amides is 1. The first-order chi connectivity index (χ1) is 15.8. The van der Waals surface area contributed by atoms with Crippen molar-refractivity contribution in [2.75, 3.05) is 6.54 Å². The molecule has 2 aliphatic rings. The molecule has 2 fully saturated rings. The summed E-state index contributed by atoms with van der Waals surface area (Å²) in [5.41, 5.74) is 2.75. The molecule has 1 amide bonds.